The van der Waals surface area contributed by atoms with Gasteiger partial charge in [-0.05, 0) is 44.4 Å². The fourth-order valence-electron chi connectivity index (χ4n) is 4.01. The van der Waals surface area contributed by atoms with Crippen LogP contribution in [0.25, 0.3) is 0 Å². The number of hydrogen-bond donors (Lipinski definition) is 1. The number of carbonyl (C=O) groups is 1. The van der Waals surface area contributed by atoms with Gasteiger partial charge >= 0.3 is 0 Å². The second-order valence-electron chi connectivity index (χ2n) is 7.37. The van der Waals surface area contributed by atoms with E-state index >= 15 is 0 Å². The summed E-state index contributed by atoms with van der Waals surface area (Å²) in [6, 6.07) is 8.53. The van der Waals surface area contributed by atoms with Gasteiger partial charge < -0.3 is 10.1 Å². The summed E-state index contributed by atoms with van der Waals surface area (Å²) in [5.41, 5.74) is 2.27. The van der Waals surface area contributed by atoms with Crippen molar-refractivity contribution < 1.29 is 9.53 Å². The third-order valence-electron chi connectivity index (χ3n) is 5.17. The number of nitrogens with one attached hydrogen (secondary N) is 1. The van der Waals surface area contributed by atoms with Crippen molar-refractivity contribution in [2.75, 3.05) is 5.32 Å². The first-order chi connectivity index (χ1) is 12.1. The van der Waals surface area contributed by atoms with E-state index in [9.17, 15) is 4.79 Å². The lowest BCUT2D eigenvalue weighted by Crippen LogP contribution is -2.25. The van der Waals surface area contributed by atoms with Crippen LogP contribution in [0.4, 0.5) is 5.82 Å². The zero-order valence-electron chi connectivity index (χ0n) is 14.9. The van der Waals surface area contributed by atoms with Gasteiger partial charge in [-0.25, -0.2) is 4.68 Å². The quantitative estimate of drug-likeness (QED) is 0.905. The number of aromatic nitrogens is 2. The Morgan fingerprint density at radius 1 is 1.20 bits per heavy atom. The number of nitrogens with zero attached hydrogens (tertiary/aromatic N) is 2. The van der Waals surface area contributed by atoms with Crippen LogP contribution in [-0.2, 0) is 4.79 Å². The summed E-state index contributed by atoms with van der Waals surface area (Å²) in [5, 5.41) is 7.68. The van der Waals surface area contributed by atoms with E-state index in [1.807, 2.05) is 36.9 Å². The highest BCUT2D eigenvalue weighted by atomic mass is 16.5. The van der Waals surface area contributed by atoms with Crippen LogP contribution in [0, 0.1) is 0 Å². The Morgan fingerprint density at radius 3 is 2.60 bits per heavy atom. The van der Waals surface area contributed by atoms with E-state index in [1.165, 1.54) is 12.8 Å². The van der Waals surface area contributed by atoms with Gasteiger partial charge in [0.15, 0.2) is 0 Å². The molecule has 1 aliphatic carbocycles. The molecule has 0 spiro atoms. The summed E-state index contributed by atoms with van der Waals surface area (Å²) in [5.74, 6) is 1.89. The molecule has 1 amide bonds. The minimum Gasteiger partial charge on any atom is -0.491 e. The lowest BCUT2D eigenvalue weighted by molar-refractivity contribution is -0.116. The van der Waals surface area contributed by atoms with Crippen molar-refractivity contribution in [2.45, 2.75) is 64.0 Å². The molecule has 2 aromatic rings. The molecule has 1 saturated carbocycles. The van der Waals surface area contributed by atoms with Crippen molar-refractivity contribution in [3.05, 3.63) is 41.6 Å². The topological polar surface area (TPSA) is 56.1 Å². The maximum Gasteiger partial charge on any atom is 0.226 e. The highest BCUT2D eigenvalue weighted by Crippen LogP contribution is 2.40. The Morgan fingerprint density at radius 2 is 1.92 bits per heavy atom. The molecule has 0 bridgehead atoms. The molecule has 2 aliphatic rings. The number of fused-ring (bicyclic) bond motifs is 1. The highest BCUT2D eigenvalue weighted by Gasteiger charge is 2.32. The van der Waals surface area contributed by atoms with E-state index in [2.05, 4.69) is 22.5 Å². The first-order valence-electron chi connectivity index (χ1n) is 9.25. The summed E-state index contributed by atoms with van der Waals surface area (Å²) in [6.45, 7) is 4.03. The van der Waals surface area contributed by atoms with Crippen LogP contribution in [0.15, 0.2) is 30.5 Å². The van der Waals surface area contributed by atoms with Crippen LogP contribution in [0.1, 0.15) is 69.0 Å². The van der Waals surface area contributed by atoms with E-state index < -0.39 is 0 Å². The molecule has 0 radical (unpaired) electrons. The molecule has 5 nitrogen and oxygen atoms in total. The molecule has 1 fully saturated rings. The molecule has 1 aromatic heterocycles. The van der Waals surface area contributed by atoms with E-state index in [0.717, 1.165) is 35.5 Å². The first kappa shape index (κ1) is 16.2. The Kier molecular flexibility index (Phi) is 4.24. The van der Waals surface area contributed by atoms with Crippen molar-refractivity contribution in [1.29, 1.82) is 0 Å². The van der Waals surface area contributed by atoms with Gasteiger partial charge in [0, 0.05) is 17.9 Å². The van der Waals surface area contributed by atoms with Crippen LogP contribution in [0.5, 0.6) is 5.75 Å². The van der Waals surface area contributed by atoms with E-state index in [0.29, 0.717) is 12.5 Å². The van der Waals surface area contributed by atoms with Gasteiger partial charge in [0.1, 0.15) is 11.6 Å². The van der Waals surface area contributed by atoms with Crippen molar-refractivity contribution in [3.63, 3.8) is 0 Å². The largest absolute Gasteiger partial charge is 0.491 e. The second-order valence-corrected chi connectivity index (χ2v) is 7.37. The number of amides is 1. The van der Waals surface area contributed by atoms with Crippen molar-refractivity contribution in [3.8, 4) is 5.75 Å². The van der Waals surface area contributed by atoms with Crippen LogP contribution < -0.4 is 10.1 Å². The minimum absolute atomic E-state index is 0.0620. The normalized spacial score (nSPS) is 20.6. The maximum absolute atomic E-state index is 12.3. The average molecular weight is 339 g/mol. The highest BCUT2D eigenvalue weighted by molar-refractivity contribution is 5.94. The number of hydrogen-bond acceptors (Lipinski definition) is 3. The molecule has 1 aromatic carbocycles. The van der Waals surface area contributed by atoms with Gasteiger partial charge in [-0.1, -0.05) is 25.0 Å². The zero-order valence-corrected chi connectivity index (χ0v) is 14.9. The summed E-state index contributed by atoms with van der Waals surface area (Å²) >= 11 is 0. The fraction of sp³-hybridized carbons (Fsp3) is 0.500. The number of rotatable bonds is 4. The smallest absolute Gasteiger partial charge is 0.226 e. The second kappa shape index (κ2) is 6.54. The predicted molar refractivity (Wildman–Crippen MR) is 97.0 cm³/mol. The van der Waals surface area contributed by atoms with Crippen LogP contribution in [0.2, 0.25) is 0 Å². The Hall–Kier alpha value is -2.30. The monoisotopic (exact) mass is 339 g/mol. The van der Waals surface area contributed by atoms with Gasteiger partial charge in [-0.2, -0.15) is 5.10 Å². The van der Waals surface area contributed by atoms with Crippen LogP contribution in [-0.4, -0.2) is 21.8 Å². The predicted octanol–water partition coefficient (Wildman–Crippen LogP) is 4.26. The molecule has 4 rings (SSSR count). The van der Waals surface area contributed by atoms with Gasteiger partial charge in [0.05, 0.1) is 18.3 Å². The molecular formula is C20H25N3O2. The molecule has 25 heavy (non-hydrogen) atoms. The zero-order chi connectivity index (χ0) is 17.4. The van der Waals surface area contributed by atoms with E-state index in [1.54, 1.807) is 0 Å². The Labute approximate surface area is 148 Å². The lowest BCUT2D eigenvalue weighted by Gasteiger charge is -2.25. The number of benzene rings is 1. The molecule has 1 aliphatic heterocycles. The molecule has 1 N–H and O–H groups in total. The van der Waals surface area contributed by atoms with E-state index in [-0.39, 0.29) is 17.9 Å². The van der Waals surface area contributed by atoms with Gasteiger partial charge in [0.2, 0.25) is 5.91 Å². The fourth-order valence-corrected chi connectivity index (χ4v) is 4.01. The van der Waals surface area contributed by atoms with Crippen molar-refractivity contribution in [1.82, 2.24) is 9.78 Å². The van der Waals surface area contributed by atoms with Crippen molar-refractivity contribution >= 4 is 11.7 Å². The molecule has 1 atom stereocenters. The van der Waals surface area contributed by atoms with Crippen molar-refractivity contribution in [2.24, 2.45) is 0 Å². The standard InChI is InChI=1S/C20H25N3O2/c1-13(2)25-16-9-7-14(8-10-16)17-11-19(24)22-20-18(17)12-21-23(20)15-5-3-4-6-15/h7-10,12-13,15,17H,3-6,11H2,1-2H3,(H,22,24). The van der Waals surface area contributed by atoms with Crippen LogP contribution in [0.3, 0.4) is 0 Å². The first-order valence-corrected chi connectivity index (χ1v) is 9.25. The molecule has 0 saturated heterocycles. The van der Waals surface area contributed by atoms with Gasteiger partial charge in [-0.15, -0.1) is 0 Å². The summed E-state index contributed by atoms with van der Waals surface area (Å²) < 4.78 is 7.77. The molecule has 1 unspecified atom stereocenters. The number of carbonyl (C=O) groups excluding carboxylic acids is 1. The number of anilines is 1. The number of ether oxygens (including phenoxy) is 1. The summed E-state index contributed by atoms with van der Waals surface area (Å²) in [6.07, 6.45) is 7.35. The van der Waals surface area contributed by atoms with E-state index in [4.69, 9.17) is 4.74 Å². The lowest BCUT2D eigenvalue weighted by atomic mass is 9.87. The minimum atomic E-state index is 0.0620. The molecule has 5 heteroatoms. The summed E-state index contributed by atoms with van der Waals surface area (Å²) in [4.78, 5) is 12.3. The summed E-state index contributed by atoms with van der Waals surface area (Å²) in [7, 11) is 0. The Bertz CT molecular complexity index is 758. The average Bonchev–Trinajstić information content (AvgIpc) is 3.23. The van der Waals surface area contributed by atoms with Gasteiger partial charge in [0.25, 0.3) is 0 Å². The molecular weight excluding hydrogens is 314 g/mol. The molecule has 2 heterocycles. The SMILES string of the molecule is CC(C)Oc1ccc(C2CC(=O)Nc3c2cnn3C2CCCC2)cc1. The van der Waals surface area contributed by atoms with Crippen LogP contribution >= 0.6 is 0 Å². The molecule has 132 valence electrons. The van der Waals surface area contributed by atoms with Gasteiger partial charge in [-0.3, -0.25) is 4.79 Å². The maximum atomic E-state index is 12.3. The third kappa shape index (κ3) is 3.15. The third-order valence-corrected chi connectivity index (χ3v) is 5.17. The Balaban J connectivity index is 1.64.